The second kappa shape index (κ2) is 8.06. The molecule has 0 spiro atoms. The van der Waals surface area contributed by atoms with Crippen LogP contribution >= 0.6 is 0 Å². The molecule has 0 aromatic heterocycles. The van der Waals surface area contributed by atoms with Gasteiger partial charge in [-0.15, -0.1) is 0 Å². The van der Waals surface area contributed by atoms with Gasteiger partial charge in [0.1, 0.15) is 6.04 Å². The molecule has 0 aromatic rings. The first kappa shape index (κ1) is 14.9. The number of hydrogen-bond donors (Lipinski definition) is 4. The Kier molecular flexibility index (Phi) is 7.49. The van der Waals surface area contributed by atoms with E-state index in [9.17, 15) is 9.59 Å². The molecular formula is C10H20N2O4. The van der Waals surface area contributed by atoms with E-state index in [1.165, 1.54) is 0 Å². The summed E-state index contributed by atoms with van der Waals surface area (Å²) in [6.07, 6.45) is 1.64. The zero-order valence-corrected chi connectivity index (χ0v) is 9.48. The summed E-state index contributed by atoms with van der Waals surface area (Å²) >= 11 is 0. The molecule has 0 aliphatic heterocycles. The van der Waals surface area contributed by atoms with Gasteiger partial charge >= 0.3 is 5.97 Å². The van der Waals surface area contributed by atoms with Crippen molar-refractivity contribution in [2.75, 3.05) is 6.61 Å². The number of rotatable bonds is 8. The average Bonchev–Trinajstić information content (AvgIpc) is 2.16. The number of aliphatic hydroxyl groups is 1. The van der Waals surface area contributed by atoms with Gasteiger partial charge in [0, 0.05) is 25.5 Å². The number of nitrogens with one attached hydrogen (secondary N) is 1. The number of nitrogens with two attached hydrogens (primary N) is 1. The second-order valence-electron chi connectivity index (χ2n) is 3.84. The normalized spacial score (nSPS) is 14.2. The lowest BCUT2D eigenvalue weighted by molar-refractivity contribution is -0.142. The van der Waals surface area contributed by atoms with Crippen molar-refractivity contribution in [1.29, 1.82) is 0 Å². The maximum atomic E-state index is 11.3. The van der Waals surface area contributed by atoms with E-state index in [2.05, 4.69) is 5.32 Å². The number of carboxylic acids is 1. The molecule has 1 amide bonds. The third-order valence-corrected chi connectivity index (χ3v) is 2.11. The van der Waals surface area contributed by atoms with Gasteiger partial charge in [0.2, 0.25) is 5.91 Å². The lowest BCUT2D eigenvalue weighted by Crippen LogP contribution is -2.41. The summed E-state index contributed by atoms with van der Waals surface area (Å²) in [5.41, 5.74) is 5.52. The summed E-state index contributed by atoms with van der Waals surface area (Å²) in [5, 5.41) is 19.7. The average molecular weight is 232 g/mol. The van der Waals surface area contributed by atoms with E-state index >= 15 is 0 Å². The van der Waals surface area contributed by atoms with E-state index in [1.807, 2.05) is 6.92 Å². The Balaban J connectivity index is 3.86. The molecule has 1 unspecified atom stereocenters. The van der Waals surface area contributed by atoms with Gasteiger partial charge in [-0.05, 0) is 19.8 Å². The number of hydrogen-bond acceptors (Lipinski definition) is 4. The van der Waals surface area contributed by atoms with Gasteiger partial charge in [-0.3, -0.25) is 4.79 Å². The van der Waals surface area contributed by atoms with Crippen LogP contribution in [0.5, 0.6) is 0 Å². The fraction of sp³-hybridized carbons (Fsp3) is 0.800. The number of aliphatic hydroxyl groups excluding tert-OH is 1. The number of aliphatic carboxylic acids is 1. The maximum Gasteiger partial charge on any atom is 0.326 e. The maximum absolute atomic E-state index is 11.3. The molecule has 6 nitrogen and oxygen atoms in total. The van der Waals surface area contributed by atoms with Crippen molar-refractivity contribution in [3.8, 4) is 0 Å². The van der Waals surface area contributed by atoms with Crippen LogP contribution in [0, 0.1) is 0 Å². The molecule has 2 atom stereocenters. The van der Waals surface area contributed by atoms with Crippen LogP contribution in [0.1, 0.15) is 32.6 Å². The summed E-state index contributed by atoms with van der Waals surface area (Å²) in [7, 11) is 0. The predicted octanol–water partition coefficient (Wildman–Crippen LogP) is -0.544. The highest BCUT2D eigenvalue weighted by molar-refractivity contribution is 5.83. The van der Waals surface area contributed by atoms with E-state index in [0.29, 0.717) is 6.42 Å². The molecule has 94 valence electrons. The van der Waals surface area contributed by atoms with Gasteiger partial charge in [-0.25, -0.2) is 4.79 Å². The Hall–Kier alpha value is -1.14. The number of carbonyl (C=O) groups is 2. The molecule has 0 saturated heterocycles. The van der Waals surface area contributed by atoms with Gasteiger partial charge < -0.3 is 21.3 Å². The van der Waals surface area contributed by atoms with Gasteiger partial charge in [-0.1, -0.05) is 0 Å². The summed E-state index contributed by atoms with van der Waals surface area (Å²) in [6, 6.07) is -0.965. The smallest absolute Gasteiger partial charge is 0.326 e. The van der Waals surface area contributed by atoms with Crippen LogP contribution in [0.25, 0.3) is 0 Å². The van der Waals surface area contributed by atoms with E-state index in [1.54, 1.807) is 0 Å². The molecule has 0 heterocycles. The van der Waals surface area contributed by atoms with Crippen molar-refractivity contribution in [1.82, 2.24) is 5.32 Å². The van der Waals surface area contributed by atoms with Crippen LogP contribution in [0.2, 0.25) is 0 Å². The molecule has 0 aliphatic rings. The SMILES string of the molecule is CC(N)CCCC(=O)N[C@H](CCO)C(=O)O. The van der Waals surface area contributed by atoms with E-state index in [-0.39, 0.29) is 31.4 Å². The number of carbonyl (C=O) groups excluding carboxylic acids is 1. The first-order chi connectivity index (χ1) is 7.47. The van der Waals surface area contributed by atoms with E-state index in [0.717, 1.165) is 6.42 Å². The Morgan fingerprint density at radius 2 is 2.00 bits per heavy atom. The Morgan fingerprint density at radius 3 is 2.44 bits per heavy atom. The fourth-order valence-electron chi connectivity index (χ4n) is 1.24. The van der Waals surface area contributed by atoms with E-state index in [4.69, 9.17) is 15.9 Å². The van der Waals surface area contributed by atoms with Gasteiger partial charge in [0.25, 0.3) is 0 Å². The first-order valence-electron chi connectivity index (χ1n) is 5.36. The Morgan fingerprint density at radius 1 is 1.38 bits per heavy atom. The number of carboxylic acid groups (broad SMARTS) is 1. The molecule has 0 radical (unpaired) electrons. The predicted molar refractivity (Wildman–Crippen MR) is 58.8 cm³/mol. The minimum atomic E-state index is -1.13. The molecule has 0 bridgehead atoms. The second-order valence-corrected chi connectivity index (χ2v) is 3.84. The lowest BCUT2D eigenvalue weighted by atomic mass is 10.1. The molecular weight excluding hydrogens is 212 g/mol. The quantitative estimate of drug-likeness (QED) is 0.449. The highest BCUT2D eigenvalue weighted by atomic mass is 16.4. The monoisotopic (exact) mass is 232 g/mol. The molecule has 0 aliphatic carbocycles. The topological polar surface area (TPSA) is 113 Å². The fourth-order valence-corrected chi connectivity index (χ4v) is 1.24. The van der Waals surface area contributed by atoms with Crippen molar-refractivity contribution < 1.29 is 19.8 Å². The summed E-state index contributed by atoms with van der Waals surface area (Å²) in [4.78, 5) is 22.0. The molecule has 0 rings (SSSR count). The zero-order chi connectivity index (χ0) is 12.6. The zero-order valence-electron chi connectivity index (χ0n) is 9.48. The molecule has 0 saturated carbocycles. The van der Waals surface area contributed by atoms with Crippen LogP contribution in [-0.4, -0.2) is 40.8 Å². The molecule has 0 aromatic carbocycles. The third-order valence-electron chi connectivity index (χ3n) is 2.11. The van der Waals surface area contributed by atoms with Gasteiger partial charge in [0.15, 0.2) is 0 Å². The van der Waals surface area contributed by atoms with Crippen LogP contribution in [0.15, 0.2) is 0 Å². The highest BCUT2D eigenvalue weighted by Crippen LogP contribution is 2.00. The summed E-state index contributed by atoms with van der Waals surface area (Å²) < 4.78 is 0. The van der Waals surface area contributed by atoms with Crippen molar-refractivity contribution in [2.45, 2.75) is 44.7 Å². The van der Waals surface area contributed by atoms with Crippen molar-refractivity contribution in [3.05, 3.63) is 0 Å². The Bertz CT molecular complexity index is 231. The molecule has 16 heavy (non-hydrogen) atoms. The van der Waals surface area contributed by atoms with Crippen LogP contribution in [0.4, 0.5) is 0 Å². The van der Waals surface area contributed by atoms with Crippen molar-refractivity contribution >= 4 is 11.9 Å². The third kappa shape index (κ3) is 7.19. The van der Waals surface area contributed by atoms with Crippen LogP contribution in [-0.2, 0) is 9.59 Å². The molecule has 0 fully saturated rings. The lowest BCUT2D eigenvalue weighted by Gasteiger charge is -2.13. The largest absolute Gasteiger partial charge is 0.480 e. The van der Waals surface area contributed by atoms with Crippen LogP contribution in [0.3, 0.4) is 0 Å². The minimum absolute atomic E-state index is 0.0222. The van der Waals surface area contributed by atoms with Crippen LogP contribution < -0.4 is 11.1 Å². The van der Waals surface area contributed by atoms with Crippen molar-refractivity contribution in [2.24, 2.45) is 5.73 Å². The molecule has 5 N–H and O–H groups in total. The first-order valence-corrected chi connectivity index (χ1v) is 5.36. The summed E-state index contributed by atoms with van der Waals surface area (Å²) in [6.45, 7) is 1.58. The van der Waals surface area contributed by atoms with Crippen molar-refractivity contribution in [3.63, 3.8) is 0 Å². The number of amides is 1. The Labute approximate surface area is 94.8 Å². The highest BCUT2D eigenvalue weighted by Gasteiger charge is 2.18. The van der Waals surface area contributed by atoms with Gasteiger partial charge in [-0.2, -0.15) is 0 Å². The summed E-state index contributed by atoms with van der Waals surface area (Å²) in [5.74, 6) is -1.45. The van der Waals surface area contributed by atoms with E-state index < -0.39 is 12.0 Å². The minimum Gasteiger partial charge on any atom is -0.480 e. The molecule has 6 heteroatoms. The van der Waals surface area contributed by atoms with Gasteiger partial charge in [0.05, 0.1) is 0 Å². The standard InChI is InChI=1S/C10H20N2O4/c1-7(11)3-2-4-9(14)12-8(5-6-13)10(15)16/h7-8,13H,2-6,11H2,1H3,(H,12,14)(H,15,16)/t7?,8-/m1/s1.